The van der Waals surface area contributed by atoms with Crippen LogP contribution in [-0.4, -0.2) is 29.4 Å². The van der Waals surface area contributed by atoms with E-state index in [0.717, 1.165) is 12.8 Å². The molecular formula is C6H10AlN3O2. The highest BCUT2D eigenvalue weighted by Gasteiger charge is 2.28. The number of hydrogen-bond acceptors (Lipinski definition) is 2. The molecule has 0 saturated heterocycles. The van der Waals surface area contributed by atoms with Gasteiger partial charge < -0.3 is 3.55 Å². The molecule has 64 valence electrons. The Morgan fingerprint density at radius 2 is 1.92 bits per heavy atom. The first-order valence-corrected chi connectivity index (χ1v) is 4.87. The molecule has 0 atom stereocenters. The van der Waals surface area contributed by atoms with Crippen molar-refractivity contribution in [2.24, 2.45) is 7.05 Å². The van der Waals surface area contributed by atoms with Crippen LogP contribution in [0.15, 0.2) is 9.59 Å². The zero-order chi connectivity index (χ0) is 8.88. The third kappa shape index (κ3) is 0.919. The Morgan fingerprint density at radius 3 is 2.25 bits per heavy atom. The summed E-state index contributed by atoms with van der Waals surface area (Å²) in [5, 5.41) is 0. The van der Waals surface area contributed by atoms with Crippen molar-refractivity contribution in [2.45, 2.75) is 18.9 Å². The number of nitrogens with zero attached hydrogens (tertiary/aromatic N) is 3. The van der Waals surface area contributed by atoms with Gasteiger partial charge in [-0.1, -0.05) is 0 Å². The first-order valence-electron chi connectivity index (χ1n) is 3.97. The van der Waals surface area contributed by atoms with Gasteiger partial charge in [0.1, 0.15) is 0 Å². The molecule has 0 aliphatic heterocycles. The maximum absolute atomic E-state index is 11.4. The second kappa shape index (κ2) is 2.38. The molecule has 0 bridgehead atoms. The molecule has 1 saturated carbocycles. The van der Waals surface area contributed by atoms with Crippen molar-refractivity contribution >= 4 is 16.5 Å². The summed E-state index contributed by atoms with van der Waals surface area (Å²) in [5.41, 5.74) is -0.324. The third-order valence-corrected chi connectivity index (χ3v) is 3.03. The minimum Gasteiger partial charge on any atom is -0.348 e. The molecular weight excluding hydrogens is 173 g/mol. The van der Waals surface area contributed by atoms with E-state index < -0.39 is 0 Å². The zero-order valence-corrected chi connectivity index (χ0v) is 9.15. The lowest BCUT2D eigenvalue weighted by Gasteiger charge is -2.00. The zero-order valence-electron chi connectivity index (χ0n) is 7.15. The first kappa shape index (κ1) is 7.90. The van der Waals surface area contributed by atoms with Crippen LogP contribution < -0.4 is 11.4 Å². The highest BCUT2D eigenvalue weighted by Crippen LogP contribution is 2.32. The van der Waals surface area contributed by atoms with Crippen LogP contribution in [0.25, 0.3) is 0 Å². The molecule has 0 spiro atoms. The van der Waals surface area contributed by atoms with Crippen LogP contribution in [0, 0.1) is 0 Å². The summed E-state index contributed by atoms with van der Waals surface area (Å²) in [6, 6.07) is 0.283. The molecule has 2 rings (SSSR count). The van der Waals surface area contributed by atoms with Gasteiger partial charge >= 0.3 is 27.9 Å². The minimum absolute atomic E-state index is 0.142. The minimum atomic E-state index is -0.182. The van der Waals surface area contributed by atoms with Gasteiger partial charge in [-0.15, -0.1) is 0 Å². The molecule has 0 N–H and O–H groups in total. The monoisotopic (exact) mass is 183 g/mol. The second-order valence-corrected chi connectivity index (χ2v) is 4.12. The maximum Gasteiger partial charge on any atom is 0.385 e. The summed E-state index contributed by atoms with van der Waals surface area (Å²) in [6.45, 7) is 0. The molecule has 1 heterocycles. The number of aromatic nitrogens is 3. The molecule has 0 amide bonds. The van der Waals surface area contributed by atoms with Gasteiger partial charge in [-0.2, -0.15) is 0 Å². The Labute approximate surface area is 76.8 Å². The predicted molar refractivity (Wildman–Crippen MR) is 46.1 cm³/mol. The maximum atomic E-state index is 11.4. The van der Waals surface area contributed by atoms with Crippen LogP contribution >= 0.6 is 0 Å². The quantitative estimate of drug-likeness (QED) is 0.476. The molecule has 1 fully saturated rings. The summed E-state index contributed by atoms with van der Waals surface area (Å²) >= 11 is 0.471. The predicted octanol–water partition coefficient (Wildman–Crippen LogP) is -1.92. The largest absolute Gasteiger partial charge is 0.385 e. The highest BCUT2D eigenvalue weighted by molar-refractivity contribution is 6.06. The van der Waals surface area contributed by atoms with Gasteiger partial charge in [0, 0.05) is 7.05 Å². The SMILES string of the molecule is Cn1c(=O)[n]([AlH2])c(=O)n1C1CC1. The average Bonchev–Trinajstić information content (AvgIpc) is 2.82. The van der Waals surface area contributed by atoms with Crippen molar-refractivity contribution in [3.05, 3.63) is 21.0 Å². The standard InChI is InChI=1S/C6H9N3O2.Al.2H/c1-8-5(10)7-6(11)9(8)4-2-3-4;;;/h4H,2-3H2,1H3,(H,7,10,11);;;/q;+1;;/p-1. The normalized spacial score (nSPS) is 16.8. The summed E-state index contributed by atoms with van der Waals surface area (Å²) in [4.78, 5) is 22.7. The van der Waals surface area contributed by atoms with E-state index >= 15 is 0 Å². The molecule has 1 aliphatic rings. The van der Waals surface area contributed by atoms with Crippen molar-refractivity contribution in [3.63, 3.8) is 0 Å². The number of hydrogen-bond donors (Lipinski definition) is 0. The Balaban J connectivity index is 2.75. The number of rotatable bonds is 1. The fourth-order valence-corrected chi connectivity index (χ4v) is 1.89. The van der Waals surface area contributed by atoms with Crippen molar-refractivity contribution in [3.8, 4) is 0 Å². The van der Waals surface area contributed by atoms with Gasteiger partial charge in [-0.25, -0.2) is 19.0 Å². The third-order valence-electron chi connectivity index (χ3n) is 2.26. The van der Waals surface area contributed by atoms with E-state index in [0.29, 0.717) is 16.5 Å². The lowest BCUT2D eigenvalue weighted by atomic mass is 10.7. The molecule has 1 aliphatic carbocycles. The fraction of sp³-hybridized carbons (Fsp3) is 0.667. The molecule has 1 aromatic rings. The Bertz CT molecular complexity index is 423. The van der Waals surface area contributed by atoms with E-state index in [9.17, 15) is 9.59 Å². The first-order chi connectivity index (χ1) is 5.63. The fourth-order valence-electron chi connectivity index (χ4n) is 1.39. The summed E-state index contributed by atoms with van der Waals surface area (Å²) in [5.74, 6) is 0. The van der Waals surface area contributed by atoms with Crippen LogP contribution in [-0.2, 0) is 7.05 Å². The molecule has 0 aromatic carbocycles. The second-order valence-electron chi connectivity index (χ2n) is 3.22. The highest BCUT2D eigenvalue weighted by atomic mass is 27.1. The molecule has 12 heavy (non-hydrogen) atoms. The van der Waals surface area contributed by atoms with E-state index in [1.54, 1.807) is 11.7 Å². The van der Waals surface area contributed by atoms with Crippen molar-refractivity contribution in [1.82, 2.24) is 12.9 Å². The van der Waals surface area contributed by atoms with E-state index in [-0.39, 0.29) is 17.4 Å². The van der Waals surface area contributed by atoms with E-state index in [1.165, 1.54) is 8.23 Å². The van der Waals surface area contributed by atoms with Crippen LogP contribution in [0.5, 0.6) is 0 Å². The summed E-state index contributed by atoms with van der Waals surface area (Å²) in [6.07, 6.45) is 2.05. The van der Waals surface area contributed by atoms with Crippen LogP contribution in [0.4, 0.5) is 0 Å². The van der Waals surface area contributed by atoms with E-state index in [2.05, 4.69) is 0 Å². The van der Waals surface area contributed by atoms with Gasteiger partial charge in [-0.3, -0.25) is 0 Å². The average molecular weight is 183 g/mol. The van der Waals surface area contributed by atoms with Crippen molar-refractivity contribution in [2.75, 3.05) is 0 Å². The van der Waals surface area contributed by atoms with Crippen LogP contribution in [0.2, 0.25) is 0 Å². The molecule has 5 nitrogen and oxygen atoms in total. The van der Waals surface area contributed by atoms with E-state index in [1.807, 2.05) is 0 Å². The summed E-state index contributed by atoms with van der Waals surface area (Å²) in [7, 11) is 1.65. The van der Waals surface area contributed by atoms with Crippen LogP contribution in [0.3, 0.4) is 0 Å². The van der Waals surface area contributed by atoms with Crippen molar-refractivity contribution < 1.29 is 0 Å². The molecule has 0 unspecified atom stereocenters. The molecule has 0 radical (unpaired) electrons. The Morgan fingerprint density at radius 1 is 1.33 bits per heavy atom. The molecule has 6 heteroatoms. The molecule has 1 aromatic heterocycles. The van der Waals surface area contributed by atoms with Gasteiger partial charge in [0.05, 0.1) is 6.04 Å². The van der Waals surface area contributed by atoms with Gasteiger partial charge in [-0.05, 0) is 12.8 Å². The Kier molecular flexibility index (Phi) is 1.56. The van der Waals surface area contributed by atoms with E-state index in [4.69, 9.17) is 0 Å². The van der Waals surface area contributed by atoms with Gasteiger partial charge in [0.25, 0.3) is 0 Å². The Hall–Kier alpha value is -0.728. The van der Waals surface area contributed by atoms with Gasteiger partial charge in [0.15, 0.2) is 0 Å². The van der Waals surface area contributed by atoms with Gasteiger partial charge in [0.2, 0.25) is 0 Å². The smallest absolute Gasteiger partial charge is 0.348 e. The lowest BCUT2D eigenvalue weighted by Crippen LogP contribution is -2.27. The topological polar surface area (TPSA) is 48.9 Å². The lowest BCUT2D eigenvalue weighted by molar-refractivity contribution is 0.496. The van der Waals surface area contributed by atoms with Crippen molar-refractivity contribution in [1.29, 1.82) is 0 Å². The van der Waals surface area contributed by atoms with Crippen LogP contribution in [0.1, 0.15) is 18.9 Å². The summed E-state index contributed by atoms with van der Waals surface area (Å²) < 4.78 is 4.26.